The van der Waals surface area contributed by atoms with Crippen molar-refractivity contribution in [2.24, 2.45) is 0 Å². The van der Waals surface area contributed by atoms with Crippen molar-refractivity contribution in [3.8, 4) is 0 Å². The molecule has 0 aliphatic carbocycles. The summed E-state index contributed by atoms with van der Waals surface area (Å²) in [6.07, 6.45) is 0. The van der Waals surface area contributed by atoms with E-state index in [1.54, 1.807) is 0 Å². The molecule has 0 saturated carbocycles. The Balaban J connectivity index is 0. The van der Waals surface area contributed by atoms with Crippen molar-refractivity contribution in [1.29, 1.82) is 0 Å². The van der Waals surface area contributed by atoms with Crippen molar-refractivity contribution >= 4 is 43.4 Å². The summed E-state index contributed by atoms with van der Waals surface area (Å²) in [5, 5.41) is 0. The van der Waals surface area contributed by atoms with Crippen LogP contribution in [0.4, 0.5) is 0 Å². The van der Waals surface area contributed by atoms with Crippen LogP contribution in [-0.4, -0.2) is 47.5 Å². The topological polar surface area (TPSA) is 37.3 Å². The summed E-state index contributed by atoms with van der Waals surface area (Å²) in [7, 11) is 0. The first kappa shape index (κ1) is 10.3. The van der Waals surface area contributed by atoms with Gasteiger partial charge in [-0.05, 0) is 0 Å². The second-order valence-electron chi connectivity index (χ2n) is 1.29. The minimum atomic E-state index is -3.12. The Kier molecular flexibility index (Phi) is 5.74. The summed E-state index contributed by atoms with van der Waals surface area (Å²) in [6, 6.07) is 0. The van der Waals surface area contributed by atoms with Crippen molar-refractivity contribution in [3.63, 3.8) is 0 Å². The van der Waals surface area contributed by atoms with Gasteiger partial charge < -0.3 is 0 Å². The van der Waals surface area contributed by atoms with Crippen molar-refractivity contribution < 1.29 is 7.84 Å². The second-order valence-corrected chi connectivity index (χ2v) is 6.72. The van der Waals surface area contributed by atoms with Crippen molar-refractivity contribution in [2.75, 3.05) is 0 Å². The molecule has 0 heterocycles. The van der Waals surface area contributed by atoms with Gasteiger partial charge in [-0.25, -0.2) is 0 Å². The predicted octanol–water partition coefficient (Wildman–Crippen LogP) is -0.270. The Labute approximate surface area is 62.3 Å². The maximum atomic E-state index is 9.83. The average Bonchev–Trinajstić information content (AvgIpc) is 0.722. The zero-order chi connectivity index (χ0) is 4.50. The SMILES string of the molecule is C[As](C)(=O)O.[Na]. The third-order valence-electron chi connectivity index (χ3n) is 0. The van der Waals surface area contributed by atoms with Crippen molar-refractivity contribution in [1.82, 2.24) is 0 Å². The van der Waals surface area contributed by atoms with Gasteiger partial charge in [0.05, 0.1) is 0 Å². The minimum absolute atomic E-state index is 0. The maximum Gasteiger partial charge on any atom is 0 e. The standard InChI is InChI=1S/C2H7AsO2.Na/c1-3(2,4)5;/h1-2H3,(H,4,5);. The van der Waals surface area contributed by atoms with Gasteiger partial charge in [0.15, 0.2) is 0 Å². The summed E-state index contributed by atoms with van der Waals surface area (Å²) < 4.78 is 18.0. The Morgan fingerprint density at radius 1 is 1.50 bits per heavy atom. The van der Waals surface area contributed by atoms with Gasteiger partial charge in [-0.3, -0.25) is 0 Å². The largest absolute Gasteiger partial charge is 0 e. The summed E-state index contributed by atoms with van der Waals surface area (Å²) >= 11 is -3.12. The molecular formula is C2H7AsNaO2. The van der Waals surface area contributed by atoms with Crippen LogP contribution in [0.3, 0.4) is 0 Å². The predicted molar refractivity (Wildman–Crippen MR) is 26.1 cm³/mol. The number of hydrogen-bond acceptors (Lipinski definition) is 1. The molecule has 0 saturated heterocycles. The van der Waals surface area contributed by atoms with E-state index in [0.29, 0.717) is 0 Å². The van der Waals surface area contributed by atoms with Crippen LogP contribution in [0.15, 0.2) is 0 Å². The molecule has 0 aromatic carbocycles. The van der Waals surface area contributed by atoms with Crippen LogP contribution >= 0.6 is 0 Å². The average molecular weight is 161 g/mol. The van der Waals surface area contributed by atoms with E-state index >= 15 is 0 Å². The molecule has 0 bridgehead atoms. The van der Waals surface area contributed by atoms with Gasteiger partial charge in [-0.15, -0.1) is 0 Å². The zero-order valence-corrected chi connectivity index (χ0v) is 8.18. The monoisotopic (exact) mass is 161 g/mol. The van der Waals surface area contributed by atoms with Crippen LogP contribution in [-0.2, 0) is 3.74 Å². The third kappa shape index (κ3) is 57.1. The molecule has 1 radical (unpaired) electrons. The fourth-order valence-electron chi connectivity index (χ4n) is 0. The molecule has 6 heavy (non-hydrogen) atoms. The van der Waals surface area contributed by atoms with Crippen molar-refractivity contribution in [3.05, 3.63) is 0 Å². The molecule has 33 valence electrons. The van der Waals surface area contributed by atoms with Crippen LogP contribution in [0.1, 0.15) is 0 Å². The van der Waals surface area contributed by atoms with Gasteiger partial charge in [-0.1, -0.05) is 0 Å². The van der Waals surface area contributed by atoms with Crippen molar-refractivity contribution in [2.45, 2.75) is 11.4 Å². The molecule has 0 unspecified atom stereocenters. The van der Waals surface area contributed by atoms with Crippen LogP contribution in [0.2, 0.25) is 11.4 Å². The van der Waals surface area contributed by atoms with Gasteiger partial charge in [-0.2, -0.15) is 0 Å². The van der Waals surface area contributed by atoms with Crippen LogP contribution in [0.5, 0.6) is 0 Å². The first-order chi connectivity index (χ1) is 2.00. The molecule has 4 heteroatoms. The quantitative estimate of drug-likeness (QED) is 0.496. The molecule has 0 fully saturated rings. The number of rotatable bonds is 0. The van der Waals surface area contributed by atoms with Gasteiger partial charge in [0, 0.05) is 29.6 Å². The molecule has 0 aliphatic heterocycles. The van der Waals surface area contributed by atoms with E-state index in [-0.39, 0.29) is 29.6 Å². The fraction of sp³-hybridized carbons (Fsp3) is 1.00. The van der Waals surface area contributed by atoms with E-state index in [1.165, 1.54) is 11.4 Å². The van der Waals surface area contributed by atoms with E-state index in [9.17, 15) is 3.74 Å². The van der Waals surface area contributed by atoms with Gasteiger partial charge in [0.2, 0.25) is 0 Å². The number of hydrogen-bond donors (Lipinski definition) is 1. The molecular weight excluding hydrogens is 154 g/mol. The summed E-state index contributed by atoms with van der Waals surface area (Å²) in [4.78, 5) is 0. The first-order valence-corrected chi connectivity index (χ1v) is 6.64. The third-order valence-corrected chi connectivity index (χ3v) is 0. The molecule has 0 atom stereocenters. The Morgan fingerprint density at radius 2 is 1.50 bits per heavy atom. The smallest absolute Gasteiger partial charge is 0 e. The van der Waals surface area contributed by atoms with E-state index in [4.69, 9.17) is 4.10 Å². The Bertz CT molecular complexity index is 57.7. The molecule has 0 aromatic rings. The summed E-state index contributed by atoms with van der Waals surface area (Å²) in [6.45, 7) is 0. The fourth-order valence-corrected chi connectivity index (χ4v) is 0. The normalized spacial score (nSPS) is 9.83. The second kappa shape index (κ2) is 3.34. The summed E-state index contributed by atoms with van der Waals surface area (Å²) in [5.74, 6) is 0. The Morgan fingerprint density at radius 3 is 1.50 bits per heavy atom. The molecule has 1 N–H and O–H groups in total. The molecule has 0 rings (SSSR count). The molecule has 0 aliphatic rings. The van der Waals surface area contributed by atoms with Crippen LogP contribution < -0.4 is 0 Å². The first-order valence-electron chi connectivity index (χ1n) is 1.28. The van der Waals surface area contributed by atoms with Crippen LogP contribution in [0, 0.1) is 0 Å². The van der Waals surface area contributed by atoms with Gasteiger partial charge in [0.1, 0.15) is 0 Å². The van der Waals surface area contributed by atoms with Gasteiger partial charge in [0.25, 0.3) is 0 Å². The Hall–Kier alpha value is 1.32. The van der Waals surface area contributed by atoms with E-state index in [2.05, 4.69) is 0 Å². The maximum absolute atomic E-state index is 9.83. The molecule has 0 spiro atoms. The van der Waals surface area contributed by atoms with Gasteiger partial charge >= 0.3 is 33.1 Å². The molecule has 0 aromatic heterocycles. The minimum Gasteiger partial charge on any atom is 0 e. The molecule has 2 nitrogen and oxygen atoms in total. The van der Waals surface area contributed by atoms with E-state index < -0.39 is 13.8 Å². The summed E-state index contributed by atoms with van der Waals surface area (Å²) in [5.41, 5.74) is 2.72. The van der Waals surface area contributed by atoms with Crippen LogP contribution in [0.25, 0.3) is 0 Å². The van der Waals surface area contributed by atoms with E-state index in [0.717, 1.165) is 0 Å². The van der Waals surface area contributed by atoms with E-state index in [1.807, 2.05) is 0 Å². The molecule has 0 amide bonds. The zero-order valence-electron chi connectivity index (χ0n) is 4.30.